The molecule has 0 bridgehead atoms. The molecule has 2 aromatic carbocycles. The molecule has 7 heteroatoms. The third kappa shape index (κ3) is 4.82. The summed E-state index contributed by atoms with van der Waals surface area (Å²) >= 11 is 6.08. The summed E-state index contributed by atoms with van der Waals surface area (Å²) in [6.45, 7) is 2.27. The van der Waals surface area contributed by atoms with Crippen molar-refractivity contribution >= 4 is 27.3 Å². The van der Waals surface area contributed by atoms with Crippen LogP contribution >= 0.6 is 11.6 Å². The Balaban J connectivity index is 1.81. The molecule has 1 N–H and O–H groups in total. The Morgan fingerprint density at radius 1 is 1.07 bits per heavy atom. The predicted molar refractivity (Wildman–Crippen MR) is 111 cm³/mol. The lowest BCUT2D eigenvalue weighted by Crippen LogP contribution is -2.36. The third-order valence-corrected chi connectivity index (χ3v) is 6.89. The fourth-order valence-corrected chi connectivity index (χ4v) is 4.99. The highest BCUT2D eigenvalue weighted by Gasteiger charge is 2.26. The van der Waals surface area contributed by atoms with E-state index in [1.807, 2.05) is 14.1 Å². The minimum absolute atomic E-state index is 0.000903. The number of sulfonamides is 1. The maximum absolute atomic E-state index is 12.7. The van der Waals surface area contributed by atoms with Crippen molar-refractivity contribution in [2.75, 3.05) is 38.6 Å². The Bertz CT molecular complexity index is 863. The number of anilines is 1. The highest BCUT2D eigenvalue weighted by atomic mass is 35.5. The van der Waals surface area contributed by atoms with Crippen LogP contribution in [0.4, 0.5) is 5.69 Å². The average Bonchev–Trinajstić information content (AvgIpc) is 3.17. The van der Waals surface area contributed by atoms with Crippen molar-refractivity contribution in [2.24, 2.45) is 0 Å². The van der Waals surface area contributed by atoms with E-state index in [2.05, 4.69) is 38.8 Å². The summed E-state index contributed by atoms with van der Waals surface area (Å²) in [5.74, 6) is 0. The first-order valence-electron chi connectivity index (χ1n) is 9.14. The topological polar surface area (TPSA) is 52.7 Å². The van der Waals surface area contributed by atoms with Crippen LogP contribution in [-0.2, 0) is 10.0 Å². The number of likely N-dealkylation sites (tertiary alicyclic amines) is 1. The molecule has 2 aromatic rings. The Morgan fingerprint density at radius 3 is 2.30 bits per heavy atom. The summed E-state index contributed by atoms with van der Waals surface area (Å²) in [5, 5.41) is 0.234. The molecule has 1 fully saturated rings. The Hall–Kier alpha value is -1.60. The van der Waals surface area contributed by atoms with Crippen LogP contribution in [0.1, 0.15) is 24.4 Å². The summed E-state index contributed by atoms with van der Waals surface area (Å²) in [5.41, 5.74) is 2.24. The summed E-state index contributed by atoms with van der Waals surface area (Å²) in [4.78, 5) is 4.52. The van der Waals surface area contributed by atoms with E-state index in [1.165, 1.54) is 6.07 Å². The van der Waals surface area contributed by atoms with Gasteiger partial charge in [-0.1, -0.05) is 35.9 Å². The van der Waals surface area contributed by atoms with Gasteiger partial charge in [-0.25, -0.2) is 13.1 Å². The lowest BCUT2D eigenvalue weighted by molar-refractivity contribution is 0.246. The van der Waals surface area contributed by atoms with Crippen molar-refractivity contribution in [2.45, 2.75) is 23.8 Å². The van der Waals surface area contributed by atoms with Crippen molar-refractivity contribution < 1.29 is 8.42 Å². The molecular formula is C20H26ClN3O2S. The van der Waals surface area contributed by atoms with Gasteiger partial charge in [0.05, 0.1) is 5.02 Å². The first-order valence-corrected chi connectivity index (χ1v) is 11.0. The second-order valence-corrected chi connectivity index (χ2v) is 9.17. The lowest BCUT2D eigenvalue weighted by Gasteiger charge is -2.28. The monoisotopic (exact) mass is 407 g/mol. The first kappa shape index (κ1) is 20.1. The zero-order valence-electron chi connectivity index (χ0n) is 15.7. The fourth-order valence-electron chi connectivity index (χ4n) is 3.43. The molecule has 5 nitrogen and oxygen atoms in total. The molecule has 0 unspecified atom stereocenters. The molecule has 0 saturated carbocycles. The average molecular weight is 408 g/mol. The normalized spacial score (nSPS) is 16.4. The van der Waals surface area contributed by atoms with Crippen molar-refractivity contribution in [1.29, 1.82) is 0 Å². The van der Waals surface area contributed by atoms with E-state index < -0.39 is 10.0 Å². The highest BCUT2D eigenvalue weighted by Crippen LogP contribution is 2.27. The molecule has 0 spiro atoms. The molecule has 1 heterocycles. The van der Waals surface area contributed by atoms with E-state index in [4.69, 9.17) is 11.6 Å². The van der Waals surface area contributed by atoms with Crippen LogP contribution < -0.4 is 9.62 Å². The van der Waals surface area contributed by atoms with Gasteiger partial charge in [0, 0.05) is 32.4 Å². The standard InChI is InChI=1S/C20H26ClN3O2S/c1-23(2)17-11-9-16(10-12-17)19(24-13-5-6-14-24)15-22-27(25,26)20-8-4-3-7-18(20)21/h3-4,7-12,19,22H,5-6,13-15H2,1-2H3/t19-/m1/s1. The second kappa shape index (κ2) is 8.61. The highest BCUT2D eigenvalue weighted by molar-refractivity contribution is 7.89. The van der Waals surface area contributed by atoms with Crippen LogP contribution in [0, 0.1) is 0 Å². The lowest BCUT2D eigenvalue weighted by atomic mass is 10.1. The number of nitrogens with one attached hydrogen (secondary N) is 1. The second-order valence-electron chi connectivity index (χ2n) is 7.03. The molecule has 1 saturated heterocycles. The molecule has 1 aliphatic heterocycles. The van der Waals surface area contributed by atoms with E-state index in [0.29, 0.717) is 6.54 Å². The van der Waals surface area contributed by atoms with Gasteiger partial charge in [0.1, 0.15) is 4.90 Å². The van der Waals surface area contributed by atoms with Gasteiger partial charge in [0.2, 0.25) is 10.0 Å². The molecule has 3 rings (SSSR count). The van der Waals surface area contributed by atoms with Crippen molar-refractivity contribution in [3.05, 3.63) is 59.1 Å². The number of rotatable bonds is 7. The van der Waals surface area contributed by atoms with E-state index in [9.17, 15) is 8.42 Å². The van der Waals surface area contributed by atoms with Crippen LogP contribution in [0.2, 0.25) is 5.02 Å². The first-order chi connectivity index (χ1) is 12.9. The zero-order valence-corrected chi connectivity index (χ0v) is 17.3. The molecule has 1 aliphatic rings. The van der Waals surface area contributed by atoms with Gasteiger partial charge in [-0.2, -0.15) is 0 Å². The maximum Gasteiger partial charge on any atom is 0.242 e. The minimum Gasteiger partial charge on any atom is -0.378 e. The van der Waals surface area contributed by atoms with Crippen molar-refractivity contribution in [3.63, 3.8) is 0 Å². The number of benzene rings is 2. The number of halogens is 1. The van der Waals surface area contributed by atoms with Crippen molar-refractivity contribution in [3.8, 4) is 0 Å². The molecule has 27 heavy (non-hydrogen) atoms. The van der Waals surface area contributed by atoms with Gasteiger partial charge < -0.3 is 4.90 Å². The van der Waals surface area contributed by atoms with Crippen LogP contribution in [0.3, 0.4) is 0 Å². The maximum atomic E-state index is 12.7. The largest absolute Gasteiger partial charge is 0.378 e. The molecule has 1 atom stereocenters. The minimum atomic E-state index is -3.66. The van der Waals surface area contributed by atoms with Crippen LogP contribution in [0.5, 0.6) is 0 Å². The predicted octanol–water partition coefficient (Wildman–Crippen LogP) is 3.52. The molecule has 0 aliphatic carbocycles. The van der Waals surface area contributed by atoms with E-state index in [-0.39, 0.29) is 16.0 Å². The smallest absolute Gasteiger partial charge is 0.242 e. The van der Waals surface area contributed by atoms with Gasteiger partial charge in [0.15, 0.2) is 0 Å². The Kier molecular flexibility index (Phi) is 6.42. The Labute approximate surface area is 167 Å². The number of hydrogen-bond donors (Lipinski definition) is 1. The molecular weight excluding hydrogens is 382 g/mol. The van der Waals surface area contributed by atoms with E-state index in [0.717, 1.165) is 37.2 Å². The van der Waals surface area contributed by atoms with Gasteiger partial charge >= 0.3 is 0 Å². The molecule has 0 aromatic heterocycles. The molecule has 146 valence electrons. The third-order valence-electron chi connectivity index (χ3n) is 4.97. The van der Waals surface area contributed by atoms with Crippen molar-refractivity contribution in [1.82, 2.24) is 9.62 Å². The van der Waals surface area contributed by atoms with Gasteiger partial charge in [-0.05, 0) is 55.8 Å². The molecule has 0 radical (unpaired) electrons. The van der Waals surface area contributed by atoms with E-state index >= 15 is 0 Å². The van der Waals surface area contributed by atoms with Gasteiger partial charge in [-0.3, -0.25) is 4.90 Å². The summed E-state index contributed by atoms with van der Waals surface area (Å²) in [6.07, 6.45) is 2.28. The van der Waals surface area contributed by atoms with Crippen LogP contribution in [0.25, 0.3) is 0 Å². The summed E-state index contributed by atoms with van der Waals surface area (Å²) in [7, 11) is 0.347. The van der Waals surface area contributed by atoms with E-state index in [1.54, 1.807) is 18.2 Å². The SMILES string of the molecule is CN(C)c1ccc([C@@H](CNS(=O)(=O)c2ccccc2Cl)N2CCCC2)cc1. The quantitative estimate of drug-likeness (QED) is 0.762. The molecule has 0 amide bonds. The summed E-state index contributed by atoms with van der Waals surface area (Å²) < 4.78 is 28.2. The number of hydrogen-bond acceptors (Lipinski definition) is 4. The number of nitrogens with zero attached hydrogens (tertiary/aromatic N) is 2. The van der Waals surface area contributed by atoms with Gasteiger partial charge in [0.25, 0.3) is 0 Å². The fraction of sp³-hybridized carbons (Fsp3) is 0.400. The van der Waals surface area contributed by atoms with Gasteiger partial charge in [-0.15, -0.1) is 0 Å². The summed E-state index contributed by atoms with van der Waals surface area (Å²) in [6, 6.07) is 14.8. The Morgan fingerprint density at radius 2 is 1.70 bits per heavy atom. The van der Waals surface area contributed by atoms with Crippen LogP contribution in [-0.4, -0.2) is 47.0 Å². The van der Waals surface area contributed by atoms with Crippen LogP contribution in [0.15, 0.2) is 53.4 Å². The zero-order chi connectivity index (χ0) is 19.4.